The summed E-state index contributed by atoms with van der Waals surface area (Å²) in [5, 5.41) is 11.7. The van der Waals surface area contributed by atoms with Crippen molar-refractivity contribution in [1.82, 2.24) is 0 Å². The van der Waals surface area contributed by atoms with Crippen LogP contribution in [0.15, 0.2) is 69.9 Å². The fourth-order valence-corrected chi connectivity index (χ4v) is 3.19. The number of phenolic OH excluding ortho intramolecular Hbond substituents is 1. The summed E-state index contributed by atoms with van der Waals surface area (Å²) in [5.41, 5.74) is 0.547. The molecule has 0 fully saturated rings. The number of esters is 1. The molecular weight excluding hydrogens is 360 g/mol. The summed E-state index contributed by atoms with van der Waals surface area (Å²) in [4.78, 5) is 24.5. The van der Waals surface area contributed by atoms with E-state index in [9.17, 15) is 14.7 Å². The Kier molecular flexibility index (Phi) is 4.45. The van der Waals surface area contributed by atoms with Crippen LogP contribution >= 0.6 is 0 Å². The van der Waals surface area contributed by atoms with Gasteiger partial charge in [0.15, 0.2) is 0 Å². The minimum Gasteiger partial charge on any atom is -0.508 e. The molecule has 0 saturated heterocycles. The van der Waals surface area contributed by atoms with E-state index >= 15 is 0 Å². The van der Waals surface area contributed by atoms with E-state index in [4.69, 9.17) is 13.9 Å². The zero-order valence-corrected chi connectivity index (χ0v) is 15.0. The molecule has 4 aromatic rings. The highest BCUT2D eigenvalue weighted by molar-refractivity contribution is 6.06. The third-order valence-electron chi connectivity index (χ3n) is 4.50. The Hall–Kier alpha value is -3.80. The molecule has 3 aromatic carbocycles. The van der Waals surface area contributed by atoms with Gasteiger partial charge in [0, 0.05) is 28.5 Å². The maximum Gasteiger partial charge on any atom is 0.339 e. The zero-order chi connectivity index (χ0) is 19.7. The second kappa shape index (κ2) is 7.08. The molecule has 4 rings (SSSR count). The summed E-state index contributed by atoms with van der Waals surface area (Å²) < 4.78 is 15.9. The number of rotatable bonds is 4. The van der Waals surface area contributed by atoms with Gasteiger partial charge in [0.25, 0.3) is 0 Å². The maximum absolute atomic E-state index is 12.7. The van der Waals surface area contributed by atoms with Crippen LogP contribution in [0.4, 0.5) is 0 Å². The number of aromatic hydroxyl groups is 1. The Morgan fingerprint density at radius 3 is 2.57 bits per heavy atom. The fraction of sp³-hybridized carbons (Fsp3) is 0.0909. The second-order valence-corrected chi connectivity index (χ2v) is 6.21. The quantitative estimate of drug-likeness (QED) is 0.428. The standard InChI is InChI=1S/C22H16O6/c1-26-19-9-8-18(16-4-2-3-5-17(16)19)22(25)27-12-13-10-21(24)28-20-11-14(23)6-7-15(13)20/h2-11,23H,12H2,1H3. The summed E-state index contributed by atoms with van der Waals surface area (Å²) in [7, 11) is 1.57. The summed E-state index contributed by atoms with van der Waals surface area (Å²) >= 11 is 0. The summed E-state index contributed by atoms with van der Waals surface area (Å²) in [6.07, 6.45) is 0. The first-order valence-corrected chi connectivity index (χ1v) is 8.55. The second-order valence-electron chi connectivity index (χ2n) is 6.21. The van der Waals surface area contributed by atoms with Crippen molar-refractivity contribution in [2.75, 3.05) is 7.11 Å². The summed E-state index contributed by atoms with van der Waals surface area (Å²) in [6.45, 7) is -0.105. The molecule has 1 aromatic heterocycles. The van der Waals surface area contributed by atoms with Crippen LogP contribution in [0.3, 0.4) is 0 Å². The number of carbonyl (C=O) groups is 1. The lowest BCUT2D eigenvalue weighted by atomic mass is 10.0. The molecule has 140 valence electrons. The van der Waals surface area contributed by atoms with Crippen LogP contribution in [-0.4, -0.2) is 18.2 Å². The van der Waals surface area contributed by atoms with Crippen LogP contribution in [0, 0.1) is 0 Å². The van der Waals surface area contributed by atoms with E-state index in [2.05, 4.69) is 0 Å². The molecule has 0 aliphatic rings. The zero-order valence-electron chi connectivity index (χ0n) is 15.0. The largest absolute Gasteiger partial charge is 0.508 e. The van der Waals surface area contributed by atoms with Gasteiger partial charge in [-0.25, -0.2) is 9.59 Å². The number of hydrogen-bond donors (Lipinski definition) is 1. The van der Waals surface area contributed by atoms with Crippen LogP contribution in [-0.2, 0) is 11.3 Å². The number of hydrogen-bond acceptors (Lipinski definition) is 6. The number of fused-ring (bicyclic) bond motifs is 2. The topological polar surface area (TPSA) is 86.0 Å². The van der Waals surface area contributed by atoms with E-state index in [1.54, 1.807) is 25.3 Å². The normalized spacial score (nSPS) is 10.9. The predicted octanol–water partition coefficient (Wildman–Crippen LogP) is 4.02. The van der Waals surface area contributed by atoms with Crippen molar-refractivity contribution in [3.63, 3.8) is 0 Å². The Bertz CT molecular complexity index is 1260. The van der Waals surface area contributed by atoms with Crippen LogP contribution in [0.2, 0.25) is 0 Å². The van der Waals surface area contributed by atoms with E-state index in [1.807, 2.05) is 24.3 Å². The van der Waals surface area contributed by atoms with Gasteiger partial charge in [-0.2, -0.15) is 0 Å². The van der Waals surface area contributed by atoms with Crippen LogP contribution < -0.4 is 10.4 Å². The number of benzene rings is 3. The van der Waals surface area contributed by atoms with Gasteiger partial charge in [-0.3, -0.25) is 0 Å². The number of phenols is 1. The van der Waals surface area contributed by atoms with Crippen molar-refractivity contribution in [3.8, 4) is 11.5 Å². The fourth-order valence-electron chi connectivity index (χ4n) is 3.19. The molecule has 1 heterocycles. The van der Waals surface area contributed by atoms with Gasteiger partial charge in [0.05, 0.1) is 12.7 Å². The van der Waals surface area contributed by atoms with Gasteiger partial charge in [0.2, 0.25) is 0 Å². The lowest BCUT2D eigenvalue weighted by molar-refractivity contribution is 0.0476. The van der Waals surface area contributed by atoms with Crippen molar-refractivity contribution < 1.29 is 23.8 Å². The third kappa shape index (κ3) is 3.16. The number of methoxy groups -OCH3 is 1. The molecule has 1 N–H and O–H groups in total. The molecular formula is C22H16O6. The third-order valence-corrected chi connectivity index (χ3v) is 4.50. The average Bonchev–Trinajstić information content (AvgIpc) is 2.70. The van der Waals surface area contributed by atoms with Gasteiger partial charge < -0.3 is 19.0 Å². The lowest BCUT2D eigenvalue weighted by Gasteiger charge is -2.11. The van der Waals surface area contributed by atoms with E-state index in [1.165, 1.54) is 18.2 Å². The minimum absolute atomic E-state index is 0.0190. The smallest absolute Gasteiger partial charge is 0.339 e. The highest BCUT2D eigenvalue weighted by Crippen LogP contribution is 2.29. The Labute approximate surface area is 159 Å². The molecule has 6 nitrogen and oxygen atoms in total. The van der Waals surface area contributed by atoms with Gasteiger partial charge in [-0.15, -0.1) is 0 Å². The number of ether oxygens (including phenoxy) is 2. The average molecular weight is 376 g/mol. The van der Waals surface area contributed by atoms with Crippen LogP contribution in [0.1, 0.15) is 15.9 Å². The minimum atomic E-state index is -0.584. The Balaban J connectivity index is 1.67. The molecule has 0 amide bonds. The van der Waals surface area contributed by atoms with Gasteiger partial charge in [-0.05, 0) is 29.7 Å². The molecule has 0 aliphatic heterocycles. The van der Waals surface area contributed by atoms with Gasteiger partial charge >= 0.3 is 11.6 Å². The first kappa shape index (κ1) is 17.6. The lowest BCUT2D eigenvalue weighted by Crippen LogP contribution is -2.08. The van der Waals surface area contributed by atoms with Crippen molar-refractivity contribution in [2.24, 2.45) is 0 Å². The van der Waals surface area contributed by atoms with Crippen molar-refractivity contribution in [2.45, 2.75) is 6.61 Å². The van der Waals surface area contributed by atoms with Gasteiger partial charge in [-0.1, -0.05) is 24.3 Å². The van der Waals surface area contributed by atoms with Crippen molar-refractivity contribution in [1.29, 1.82) is 0 Å². The molecule has 0 aliphatic carbocycles. The molecule has 0 bridgehead atoms. The molecule has 0 radical (unpaired) electrons. The van der Waals surface area contributed by atoms with Crippen molar-refractivity contribution >= 4 is 27.7 Å². The SMILES string of the molecule is COc1ccc(C(=O)OCc2cc(=O)oc3cc(O)ccc23)c2ccccc12. The molecule has 0 spiro atoms. The highest BCUT2D eigenvalue weighted by Gasteiger charge is 2.15. The first-order chi connectivity index (χ1) is 13.6. The molecule has 0 saturated carbocycles. The van der Waals surface area contributed by atoms with E-state index in [0.717, 1.165) is 5.39 Å². The monoisotopic (exact) mass is 376 g/mol. The van der Waals surface area contributed by atoms with Crippen molar-refractivity contribution in [3.05, 3.63) is 82.2 Å². The molecule has 28 heavy (non-hydrogen) atoms. The molecule has 0 unspecified atom stereocenters. The highest BCUT2D eigenvalue weighted by atomic mass is 16.5. The number of carbonyl (C=O) groups excluding carboxylic acids is 1. The Morgan fingerprint density at radius 2 is 1.79 bits per heavy atom. The van der Waals surface area contributed by atoms with E-state index in [0.29, 0.717) is 27.6 Å². The van der Waals surface area contributed by atoms with E-state index in [-0.39, 0.29) is 17.9 Å². The summed E-state index contributed by atoms with van der Waals surface area (Å²) in [5.74, 6) is 0.132. The summed E-state index contributed by atoms with van der Waals surface area (Å²) in [6, 6.07) is 16.5. The van der Waals surface area contributed by atoms with E-state index < -0.39 is 11.6 Å². The van der Waals surface area contributed by atoms with Gasteiger partial charge in [0.1, 0.15) is 23.7 Å². The Morgan fingerprint density at radius 1 is 1.00 bits per heavy atom. The van der Waals surface area contributed by atoms with Crippen LogP contribution in [0.5, 0.6) is 11.5 Å². The predicted molar refractivity (Wildman–Crippen MR) is 104 cm³/mol. The maximum atomic E-state index is 12.7. The molecule has 0 atom stereocenters. The van der Waals surface area contributed by atoms with Crippen LogP contribution in [0.25, 0.3) is 21.7 Å². The molecule has 6 heteroatoms. The first-order valence-electron chi connectivity index (χ1n) is 8.55.